The Labute approximate surface area is 190 Å². The van der Waals surface area contributed by atoms with Crippen molar-refractivity contribution in [3.63, 3.8) is 0 Å². The van der Waals surface area contributed by atoms with Crippen LogP contribution in [0.2, 0.25) is 0 Å². The minimum absolute atomic E-state index is 0.0841. The summed E-state index contributed by atoms with van der Waals surface area (Å²) in [5.41, 5.74) is 6.99. The summed E-state index contributed by atoms with van der Waals surface area (Å²) in [6, 6.07) is 13.7. The standard InChI is InChI=1S/C29H44O2/c1-26(2,3)22-12-20(13-23(16-22)27(4,5)6)11-21-14-24(28(7,8)18-30)17-25(15-21)29(9,10)19-31/h12-17,30-31H,11,18-19H2,1-10H3. The largest absolute Gasteiger partial charge is 0.395 e. The van der Waals surface area contributed by atoms with E-state index in [1.165, 1.54) is 22.3 Å². The molecule has 0 atom stereocenters. The van der Waals surface area contributed by atoms with Crippen LogP contribution >= 0.6 is 0 Å². The van der Waals surface area contributed by atoms with Crippen molar-refractivity contribution in [2.75, 3.05) is 13.2 Å². The predicted octanol–water partition coefficient (Wildman–Crippen LogP) is 6.41. The van der Waals surface area contributed by atoms with Crippen LogP contribution in [0.1, 0.15) is 103 Å². The lowest BCUT2D eigenvalue weighted by Crippen LogP contribution is -2.26. The van der Waals surface area contributed by atoms with E-state index in [0.717, 1.165) is 17.5 Å². The molecule has 2 aromatic rings. The van der Waals surface area contributed by atoms with E-state index in [4.69, 9.17) is 0 Å². The van der Waals surface area contributed by atoms with Gasteiger partial charge in [0.15, 0.2) is 0 Å². The molecular weight excluding hydrogens is 380 g/mol. The molecule has 31 heavy (non-hydrogen) atoms. The van der Waals surface area contributed by atoms with Crippen LogP contribution in [0.3, 0.4) is 0 Å². The summed E-state index contributed by atoms with van der Waals surface area (Å²) in [6.07, 6.45) is 0.830. The molecule has 2 nitrogen and oxygen atoms in total. The van der Waals surface area contributed by atoms with Gasteiger partial charge >= 0.3 is 0 Å². The van der Waals surface area contributed by atoms with Gasteiger partial charge in [-0.3, -0.25) is 0 Å². The molecule has 0 aliphatic carbocycles. The fourth-order valence-electron chi connectivity index (χ4n) is 3.65. The molecule has 0 aromatic heterocycles. The number of hydrogen-bond donors (Lipinski definition) is 2. The topological polar surface area (TPSA) is 40.5 Å². The van der Waals surface area contributed by atoms with Gasteiger partial charge in [-0.15, -0.1) is 0 Å². The zero-order chi connectivity index (χ0) is 23.8. The van der Waals surface area contributed by atoms with E-state index in [1.54, 1.807) is 0 Å². The van der Waals surface area contributed by atoms with Gasteiger partial charge < -0.3 is 10.2 Å². The van der Waals surface area contributed by atoms with Gasteiger partial charge in [0.2, 0.25) is 0 Å². The fourth-order valence-corrected chi connectivity index (χ4v) is 3.65. The third-order valence-corrected chi connectivity index (χ3v) is 6.48. The van der Waals surface area contributed by atoms with Crippen LogP contribution in [-0.2, 0) is 28.1 Å². The minimum atomic E-state index is -0.333. The van der Waals surface area contributed by atoms with Gasteiger partial charge in [0.25, 0.3) is 0 Å². The van der Waals surface area contributed by atoms with Crippen molar-refractivity contribution in [2.24, 2.45) is 0 Å². The first kappa shape index (κ1) is 25.6. The highest BCUT2D eigenvalue weighted by Crippen LogP contribution is 2.34. The Hall–Kier alpha value is -1.64. The van der Waals surface area contributed by atoms with Gasteiger partial charge in [-0.05, 0) is 50.6 Å². The Kier molecular flexibility index (Phi) is 7.20. The quantitative estimate of drug-likeness (QED) is 0.562. The number of aliphatic hydroxyl groups excluding tert-OH is 2. The fraction of sp³-hybridized carbons (Fsp3) is 0.586. The molecule has 172 valence electrons. The van der Waals surface area contributed by atoms with E-state index >= 15 is 0 Å². The van der Waals surface area contributed by atoms with Crippen molar-refractivity contribution in [2.45, 2.75) is 97.3 Å². The molecule has 0 unspecified atom stereocenters. The number of aliphatic hydroxyl groups is 2. The van der Waals surface area contributed by atoms with E-state index in [2.05, 4.69) is 106 Å². The first-order valence-electron chi connectivity index (χ1n) is 11.5. The minimum Gasteiger partial charge on any atom is -0.395 e. The average Bonchev–Trinajstić information content (AvgIpc) is 2.66. The SMILES string of the molecule is CC(C)(C)c1cc(Cc2cc(C(C)(C)CO)cc(C(C)(C)CO)c2)cc(C(C)(C)C)c1. The second-order valence-corrected chi connectivity index (χ2v) is 12.6. The number of hydrogen-bond acceptors (Lipinski definition) is 2. The highest BCUT2D eigenvalue weighted by molar-refractivity contribution is 5.43. The molecule has 0 amide bonds. The van der Waals surface area contributed by atoms with Crippen molar-refractivity contribution >= 4 is 0 Å². The summed E-state index contributed by atoms with van der Waals surface area (Å²) >= 11 is 0. The molecule has 0 radical (unpaired) electrons. The van der Waals surface area contributed by atoms with Crippen molar-refractivity contribution < 1.29 is 10.2 Å². The lowest BCUT2D eigenvalue weighted by Gasteiger charge is -2.29. The summed E-state index contributed by atoms with van der Waals surface area (Å²) in [6.45, 7) is 22.1. The first-order valence-corrected chi connectivity index (χ1v) is 11.5. The Morgan fingerprint density at radius 2 is 0.774 bits per heavy atom. The van der Waals surface area contributed by atoms with Crippen molar-refractivity contribution in [3.8, 4) is 0 Å². The van der Waals surface area contributed by atoms with Crippen LogP contribution < -0.4 is 0 Å². The molecule has 0 aliphatic rings. The van der Waals surface area contributed by atoms with Gasteiger partial charge in [0.05, 0.1) is 13.2 Å². The van der Waals surface area contributed by atoms with E-state index in [-0.39, 0.29) is 34.9 Å². The van der Waals surface area contributed by atoms with Gasteiger partial charge in [-0.25, -0.2) is 0 Å². The molecular formula is C29H44O2. The zero-order valence-electron chi connectivity index (χ0n) is 21.5. The maximum Gasteiger partial charge on any atom is 0.0522 e. The third kappa shape index (κ3) is 6.20. The molecule has 0 saturated heterocycles. The predicted molar refractivity (Wildman–Crippen MR) is 133 cm³/mol. The summed E-state index contributed by atoms with van der Waals surface area (Å²) in [7, 11) is 0. The van der Waals surface area contributed by atoms with Crippen molar-refractivity contribution in [3.05, 3.63) is 69.8 Å². The molecule has 2 rings (SSSR count). The van der Waals surface area contributed by atoms with Crippen LogP contribution in [0.4, 0.5) is 0 Å². The molecule has 0 fully saturated rings. The van der Waals surface area contributed by atoms with Crippen LogP contribution in [0, 0.1) is 0 Å². The monoisotopic (exact) mass is 424 g/mol. The van der Waals surface area contributed by atoms with Gasteiger partial charge in [0, 0.05) is 10.8 Å². The first-order chi connectivity index (χ1) is 14.0. The highest BCUT2D eigenvalue weighted by Gasteiger charge is 2.26. The van der Waals surface area contributed by atoms with Crippen LogP contribution in [0.25, 0.3) is 0 Å². The van der Waals surface area contributed by atoms with Gasteiger partial charge in [-0.2, -0.15) is 0 Å². The highest BCUT2D eigenvalue weighted by atomic mass is 16.3. The number of rotatable bonds is 6. The molecule has 2 N–H and O–H groups in total. The molecule has 2 aromatic carbocycles. The van der Waals surface area contributed by atoms with Crippen molar-refractivity contribution in [1.29, 1.82) is 0 Å². The lowest BCUT2D eigenvalue weighted by molar-refractivity contribution is 0.214. The van der Waals surface area contributed by atoms with Crippen LogP contribution in [0.5, 0.6) is 0 Å². The second kappa shape index (κ2) is 8.71. The molecule has 0 aliphatic heterocycles. The van der Waals surface area contributed by atoms with Crippen LogP contribution in [0.15, 0.2) is 36.4 Å². The maximum absolute atomic E-state index is 9.98. The molecule has 2 heteroatoms. The van der Waals surface area contributed by atoms with Gasteiger partial charge in [0.1, 0.15) is 0 Å². The Morgan fingerprint density at radius 3 is 1.06 bits per heavy atom. The third-order valence-electron chi connectivity index (χ3n) is 6.48. The van der Waals surface area contributed by atoms with E-state index in [1.807, 2.05) is 0 Å². The average molecular weight is 425 g/mol. The normalized spacial score (nSPS) is 13.5. The molecule has 0 heterocycles. The van der Waals surface area contributed by atoms with E-state index in [9.17, 15) is 10.2 Å². The maximum atomic E-state index is 9.98. The Balaban J connectivity index is 2.64. The summed E-state index contributed by atoms with van der Waals surface area (Å²) in [5.74, 6) is 0. The zero-order valence-corrected chi connectivity index (χ0v) is 21.5. The lowest BCUT2D eigenvalue weighted by atomic mass is 9.77. The number of benzene rings is 2. The van der Waals surface area contributed by atoms with Crippen molar-refractivity contribution in [1.82, 2.24) is 0 Å². The molecule has 0 bridgehead atoms. The summed E-state index contributed by atoms with van der Waals surface area (Å²) in [5, 5.41) is 20.0. The van der Waals surface area contributed by atoms with Crippen LogP contribution in [-0.4, -0.2) is 23.4 Å². The summed E-state index contributed by atoms with van der Waals surface area (Å²) < 4.78 is 0. The molecule has 0 saturated carbocycles. The van der Waals surface area contributed by atoms with Gasteiger partial charge in [-0.1, -0.05) is 106 Å². The Bertz CT molecular complexity index is 839. The van der Waals surface area contributed by atoms with E-state index < -0.39 is 0 Å². The van der Waals surface area contributed by atoms with E-state index in [0.29, 0.717) is 0 Å². The second-order valence-electron chi connectivity index (χ2n) is 12.6. The molecule has 0 spiro atoms. The summed E-state index contributed by atoms with van der Waals surface area (Å²) in [4.78, 5) is 0. The Morgan fingerprint density at radius 1 is 0.484 bits per heavy atom. The smallest absolute Gasteiger partial charge is 0.0522 e.